The lowest BCUT2D eigenvalue weighted by Gasteiger charge is -2.12. The number of hydrogen-bond donors (Lipinski definition) is 1. The average molecular weight is 402 g/mol. The molecule has 1 N–H and O–H groups in total. The van der Waals surface area contributed by atoms with Crippen LogP contribution in [0.25, 0.3) is 5.65 Å². The van der Waals surface area contributed by atoms with E-state index >= 15 is 0 Å². The number of aryl methyl sites for hydroxylation is 2. The zero-order valence-electron chi connectivity index (χ0n) is 17.0. The molecule has 0 radical (unpaired) electrons. The second-order valence-corrected chi connectivity index (χ2v) is 6.85. The number of carbonyl (C=O) groups is 1. The highest BCUT2D eigenvalue weighted by Gasteiger charge is 2.15. The maximum absolute atomic E-state index is 12.5. The van der Waals surface area contributed by atoms with E-state index in [2.05, 4.69) is 27.5 Å². The summed E-state index contributed by atoms with van der Waals surface area (Å²) in [4.78, 5) is 17.0. The smallest absolute Gasteiger partial charge is 0.224 e. The van der Waals surface area contributed by atoms with Crippen molar-refractivity contribution in [1.82, 2.24) is 14.6 Å². The number of anilines is 1. The third kappa shape index (κ3) is 4.73. The van der Waals surface area contributed by atoms with E-state index in [1.807, 2.05) is 26.0 Å². The molecule has 0 fully saturated rings. The molecule has 0 aliphatic heterocycles. The lowest BCUT2D eigenvalue weighted by molar-refractivity contribution is -0.116. The standard InChI is InChI=1S/C22H22N6O2/c1-15-20(16(2)28-22(26-15)17(13-24)14-25-28)8-9-21(29)27-18-6-5-7-19(12-18)30-11-4-3-10-23/h5-7,12,14H,3-4,8-9,11H2,1-2H3,(H,27,29). The Morgan fingerprint density at radius 1 is 1.30 bits per heavy atom. The van der Waals surface area contributed by atoms with Crippen molar-refractivity contribution in [2.45, 2.75) is 39.5 Å². The van der Waals surface area contributed by atoms with E-state index in [4.69, 9.17) is 15.3 Å². The van der Waals surface area contributed by atoms with Gasteiger partial charge in [-0.3, -0.25) is 4.79 Å². The van der Waals surface area contributed by atoms with E-state index in [9.17, 15) is 4.79 Å². The third-order valence-electron chi connectivity index (χ3n) is 4.75. The zero-order chi connectivity index (χ0) is 21.5. The van der Waals surface area contributed by atoms with Crippen LogP contribution in [0.5, 0.6) is 5.75 Å². The topological polar surface area (TPSA) is 116 Å². The van der Waals surface area contributed by atoms with Gasteiger partial charge in [-0.05, 0) is 44.4 Å². The molecule has 0 atom stereocenters. The summed E-state index contributed by atoms with van der Waals surface area (Å²) in [6, 6.07) is 11.4. The largest absolute Gasteiger partial charge is 0.493 e. The van der Waals surface area contributed by atoms with Gasteiger partial charge in [-0.1, -0.05) is 6.07 Å². The van der Waals surface area contributed by atoms with Gasteiger partial charge in [0.05, 0.1) is 18.9 Å². The van der Waals surface area contributed by atoms with Crippen molar-refractivity contribution >= 4 is 17.2 Å². The molecule has 152 valence electrons. The minimum atomic E-state index is -0.117. The molecule has 0 aliphatic rings. The number of carbonyl (C=O) groups excluding carboxylic acids is 1. The lowest BCUT2D eigenvalue weighted by atomic mass is 10.1. The quantitative estimate of drug-likeness (QED) is 0.577. The molecule has 8 heteroatoms. The average Bonchev–Trinajstić information content (AvgIpc) is 3.14. The van der Waals surface area contributed by atoms with Crippen molar-refractivity contribution < 1.29 is 9.53 Å². The van der Waals surface area contributed by atoms with Crippen molar-refractivity contribution in [3.05, 3.63) is 53.0 Å². The van der Waals surface area contributed by atoms with Gasteiger partial charge in [0, 0.05) is 36.0 Å². The highest BCUT2D eigenvalue weighted by Crippen LogP contribution is 2.20. The third-order valence-corrected chi connectivity index (χ3v) is 4.75. The first-order valence-corrected chi connectivity index (χ1v) is 9.67. The summed E-state index contributed by atoms with van der Waals surface area (Å²) < 4.78 is 7.24. The number of nitrogens with zero attached hydrogens (tertiary/aromatic N) is 5. The van der Waals surface area contributed by atoms with Crippen LogP contribution in [0.2, 0.25) is 0 Å². The molecular weight excluding hydrogens is 380 g/mol. The van der Waals surface area contributed by atoms with Crippen LogP contribution in [0.3, 0.4) is 0 Å². The van der Waals surface area contributed by atoms with Crippen LogP contribution in [0.1, 0.15) is 41.8 Å². The molecule has 1 amide bonds. The number of nitriles is 2. The molecule has 0 spiro atoms. The van der Waals surface area contributed by atoms with Gasteiger partial charge in [-0.15, -0.1) is 0 Å². The molecule has 30 heavy (non-hydrogen) atoms. The van der Waals surface area contributed by atoms with Crippen molar-refractivity contribution in [3.63, 3.8) is 0 Å². The Bertz CT molecular complexity index is 1150. The minimum Gasteiger partial charge on any atom is -0.493 e. The number of amides is 1. The van der Waals surface area contributed by atoms with Crippen molar-refractivity contribution in [3.8, 4) is 17.9 Å². The Morgan fingerprint density at radius 3 is 2.90 bits per heavy atom. The maximum atomic E-state index is 12.5. The molecule has 2 aromatic heterocycles. The van der Waals surface area contributed by atoms with Gasteiger partial charge in [0.2, 0.25) is 5.91 Å². The molecule has 0 bridgehead atoms. The number of rotatable bonds is 8. The number of benzene rings is 1. The van der Waals surface area contributed by atoms with Gasteiger partial charge in [0.25, 0.3) is 0 Å². The lowest BCUT2D eigenvalue weighted by Crippen LogP contribution is -2.14. The number of nitrogens with one attached hydrogen (secondary N) is 1. The second-order valence-electron chi connectivity index (χ2n) is 6.85. The number of ether oxygens (including phenoxy) is 1. The molecule has 0 saturated carbocycles. The van der Waals surface area contributed by atoms with Crippen molar-refractivity contribution in [2.24, 2.45) is 0 Å². The van der Waals surface area contributed by atoms with Crippen LogP contribution in [-0.2, 0) is 11.2 Å². The highest BCUT2D eigenvalue weighted by molar-refractivity contribution is 5.91. The monoisotopic (exact) mass is 402 g/mol. The van der Waals surface area contributed by atoms with E-state index in [1.54, 1.807) is 16.6 Å². The van der Waals surface area contributed by atoms with E-state index in [0.29, 0.717) is 48.5 Å². The van der Waals surface area contributed by atoms with Gasteiger partial charge in [0.15, 0.2) is 5.65 Å². The first-order chi connectivity index (χ1) is 14.5. The Kier molecular flexibility index (Phi) is 6.61. The van der Waals surface area contributed by atoms with Crippen LogP contribution in [0.4, 0.5) is 5.69 Å². The Balaban J connectivity index is 1.63. The summed E-state index contributed by atoms with van der Waals surface area (Å²) in [7, 11) is 0. The van der Waals surface area contributed by atoms with Crippen LogP contribution in [0.15, 0.2) is 30.5 Å². The summed E-state index contributed by atoms with van der Waals surface area (Å²) in [6.45, 7) is 4.25. The molecule has 3 rings (SSSR count). The Labute approximate surface area is 174 Å². The zero-order valence-corrected chi connectivity index (χ0v) is 17.0. The molecule has 0 aliphatic carbocycles. The Hall–Kier alpha value is -3.91. The fourth-order valence-corrected chi connectivity index (χ4v) is 3.22. The predicted molar refractivity (Wildman–Crippen MR) is 111 cm³/mol. The van der Waals surface area contributed by atoms with E-state index in [-0.39, 0.29) is 12.3 Å². The summed E-state index contributed by atoms with van der Waals surface area (Å²) in [5.41, 5.74) is 4.23. The van der Waals surface area contributed by atoms with Gasteiger partial charge >= 0.3 is 0 Å². The van der Waals surface area contributed by atoms with Crippen LogP contribution in [-0.4, -0.2) is 27.1 Å². The fraction of sp³-hybridized carbons (Fsp3) is 0.318. The molecule has 1 aromatic carbocycles. The predicted octanol–water partition coefficient (Wildman–Crippen LogP) is 3.47. The molecule has 2 heterocycles. The molecule has 0 saturated heterocycles. The molecular formula is C22H22N6O2. The fourth-order valence-electron chi connectivity index (χ4n) is 3.22. The van der Waals surface area contributed by atoms with Crippen LogP contribution >= 0.6 is 0 Å². The summed E-state index contributed by atoms with van der Waals surface area (Å²) in [6.07, 6.45) is 3.41. The number of unbranched alkanes of at least 4 members (excludes halogenated alkanes) is 1. The first kappa shape index (κ1) is 20.8. The Morgan fingerprint density at radius 2 is 2.13 bits per heavy atom. The van der Waals surface area contributed by atoms with Crippen molar-refractivity contribution in [1.29, 1.82) is 10.5 Å². The van der Waals surface area contributed by atoms with Crippen LogP contribution < -0.4 is 10.1 Å². The van der Waals surface area contributed by atoms with E-state index in [0.717, 1.165) is 17.0 Å². The summed E-state index contributed by atoms with van der Waals surface area (Å²) in [5, 5.41) is 24.8. The van der Waals surface area contributed by atoms with Gasteiger partial charge < -0.3 is 10.1 Å². The molecule has 0 unspecified atom stereocenters. The first-order valence-electron chi connectivity index (χ1n) is 9.67. The van der Waals surface area contributed by atoms with Crippen LogP contribution in [0, 0.1) is 36.5 Å². The minimum absolute atomic E-state index is 0.117. The molecule has 3 aromatic rings. The van der Waals surface area contributed by atoms with Gasteiger partial charge in [-0.2, -0.15) is 15.6 Å². The maximum Gasteiger partial charge on any atom is 0.224 e. The van der Waals surface area contributed by atoms with E-state index in [1.165, 1.54) is 6.20 Å². The summed E-state index contributed by atoms with van der Waals surface area (Å²) >= 11 is 0. The summed E-state index contributed by atoms with van der Waals surface area (Å²) in [5.74, 6) is 0.535. The van der Waals surface area contributed by atoms with Gasteiger partial charge in [0.1, 0.15) is 17.4 Å². The van der Waals surface area contributed by atoms with Crippen molar-refractivity contribution in [2.75, 3.05) is 11.9 Å². The normalized spacial score (nSPS) is 10.4. The SMILES string of the molecule is Cc1nc2c(C#N)cnn2c(C)c1CCC(=O)Nc1cccc(OCCCC#N)c1. The number of hydrogen-bond acceptors (Lipinski definition) is 6. The second kappa shape index (κ2) is 9.53. The number of aromatic nitrogens is 3. The van der Waals surface area contributed by atoms with Gasteiger partial charge in [-0.25, -0.2) is 9.50 Å². The molecule has 8 nitrogen and oxygen atoms in total. The highest BCUT2D eigenvalue weighted by atomic mass is 16.5. The number of fused-ring (bicyclic) bond motifs is 1. The van der Waals surface area contributed by atoms with E-state index < -0.39 is 0 Å².